The summed E-state index contributed by atoms with van der Waals surface area (Å²) in [5.74, 6) is 0.0920. The third kappa shape index (κ3) is 2.64. The average molecular weight is 310 g/mol. The molecule has 0 unspecified atom stereocenters. The van der Waals surface area contributed by atoms with Gasteiger partial charge in [0.25, 0.3) is 5.88 Å². The van der Waals surface area contributed by atoms with Crippen LogP contribution in [0.15, 0.2) is 22.7 Å². The molecule has 7 heteroatoms. The SMILES string of the molecule is Fc1cc(Br)cc(Oc2nsnc2Cl)c1. The molecule has 78 valence electrons. The van der Waals surface area contributed by atoms with Crippen LogP contribution < -0.4 is 4.74 Å². The van der Waals surface area contributed by atoms with E-state index in [-0.39, 0.29) is 11.0 Å². The van der Waals surface area contributed by atoms with Crippen molar-refractivity contribution in [3.05, 3.63) is 33.6 Å². The lowest BCUT2D eigenvalue weighted by Gasteiger charge is -2.02. The van der Waals surface area contributed by atoms with Crippen LogP contribution in [0.4, 0.5) is 4.39 Å². The highest BCUT2D eigenvalue weighted by Crippen LogP contribution is 2.29. The van der Waals surface area contributed by atoms with Gasteiger partial charge >= 0.3 is 0 Å². The highest BCUT2D eigenvalue weighted by molar-refractivity contribution is 9.10. The Balaban J connectivity index is 2.28. The summed E-state index contributed by atoms with van der Waals surface area (Å²) in [5, 5.41) is 0.167. The Morgan fingerprint density at radius 3 is 2.73 bits per heavy atom. The molecule has 15 heavy (non-hydrogen) atoms. The molecule has 0 spiro atoms. The first-order valence-electron chi connectivity index (χ1n) is 3.77. The summed E-state index contributed by atoms with van der Waals surface area (Å²) in [6.45, 7) is 0. The van der Waals surface area contributed by atoms with Gasteiger partial charge in [-0.05, 0) is 12.1 Å². The second-order valence-electron chi connectivity index (χ2n) is 2.57. The van der Waals surface area contributed by atoms with E-state index in [1.54, 1.807) is 6.07 Å². The lowest BCUT2D eigenvalue weighted by molar-refractivity contribution is 0.462. The molecule has 0 aliphatic rings. The van der Waals surface area contributed by atoms with Crippen LogP contribution in [0.1, 0.15) is 0 Å². The quantitative estimate of drug-likeness (QED) is 0.844. The molecule has 0 amide bonds. The van der Waals surface area contributed by atoms with Crippen molar-refractivity contribution in [2.24, 2.45) is 0 Å². The third-order valence-electron chi connectivity index (χ3n) is 1.47. The maximum atomic E-state index is 13.0. The van der Waals surface area contributed by atoms with Crippen molar-refractivity contribution in [1.82, 2.24) is 8.75 Å². The van der Waals surface area contributed by atoms with Crippen molar-refractivity contribution in [2.75, 3.05) is 0 Å². The van der Waals surface area contributed by atoms with E-state index >= 15 is 0 Å². The molecular weight excluding hydrogens is 307 g/mol. The van der Waals surface area contributed by atoms with Gasteiger partial charge in [-0.25, -0.2) is 4.39 Å². The summed E-state index contributed by atoms with van der Waals surface area (Å²) in [6.07, 6.45) is 0. The number of nitrogens with zero attached hydrogens (tertiary/aromatic N) is 2. The molecule has 1 aromatic heterocycles. The van der Waals surface area contributed by atoms with Gasteiger partial charge < -0.3 is 4.74 Å². The molecular formula is C8H3BrClFN2OS. The van der Waals surface area contributed by atoms with E-state index in [4.69, 9.17) is 16.3 Å². The van der Waals surface area contributed by atoms with Gasteiger partial charge in [0.2, 0.25) is 5.15 Å². The second-order valence-corrected chi connectivity index (χ2v) is 4.37. The summed E-state index contributed by atoms with van der Waals surface area (Å²) in [5.41, 5.74) is 0. The summed E-state index contributed by atoms with van der Waals surface area (Å²) in [6, 6.07) is 4.17. The minimum absolute atomic E-state index is 0.167. The van der Waals surface area contributed by atoms with E-state index in [0.717, 1.165) is 11.7 Å². The van der Waals surface area contributed by atoms with Gasteiger partial charge in [-0.15, -0.1) is 4.37 Å². The zero-order valence-electron chi connectivity index (χ0n) is 7.08. The molecule has 1 heterocycles. The lowest BCUT2D eigenvalue weighted by atomic mass is 10.3. The van der Waals surface area contributed by atoms with Crippen LogP contribution in [0.25, 0.3) is 0 Å². The zero-order chi connectivity index (χ0) is 10.8. The fraction of sp³-hybridized carbons (Fsp3) is 0. The Morgan fingerprint density at radius 2 is 2.13 bits per heavy atom. The van der Waals surface area contributed by atoms with E-state index in [2.05, 4.69) is 24.7 Å². The summed E-state index contributed by atoms with van der Waals surface area (Å²) in [7, 11) is 0. The van der Waals surface area contributed by atoms with Gasteiger partial charge in [0.05, 0.1) is 11.7 Å². The van der Waals surface area contributed by atoms with Gasteiger partial charge in [0.15, 0.2) is 0 Å². The van der Waals surface area contributed by atoms with Crippen LogP contribution in [-0.4, -0.2) is 8.75 Å². The standard InChI is InChI=1S/C8H3BrClFN2OS/c9-4-1-5(11)3-6(2-4)14-8-7(10)12-15-13-8/h1-3H. The summed E-state index contributed by atoms with van der Waals surface area (Å²) < 4.78 is 26.3. The first kappa shape index (κ1) is 10.8. The Hall–Kier alpha value is -0.720. The second kappa shape index (κ2) is 4.42. The predicted molar refractivity (Wildman–Crippen MR) is 59.1 cm³/mol. The fourth-order valence-corrected chi connectivity index (χ4v) is 1.99. The molecule has 2 aromatic rings. The molecule has 3 nitrogen and oxygen atoms in total. The van der Waals surface area contributed by atoms with E-state index in [1.807, 2.05) is 0 Å². The molecule has 0 bridgehead atoms. The molecule has 0 aliphatic carbocycles. The lowest BCUT2D eigenvalue weighted by Crippen LogP contribution is -1.86. The smallest absolute Gasteiger partial charge is 0.270 e. The van der Waals surface area contributed by atoms with Crippen molar-refractivity contribution in [2.45, 2.75) is 0 Å². The first-order chi connectivity index (χ1) is 7.15. The minimum atomic E-state index is -0.404. The largest absolute Gasteiger partial charge is 0.436 e. The van der Waals surface area contributed by atoms with Crippen molar-refractivity contribution >= 4 is 39.3 Å². The first-order valence-corrected chi connectivity index (χ1v) is 5.67. The highest BCUT2D eigenvalue weighted by Gasteiger charge is 2.08. The van der Waals surface area contributed by atoms with Crippen LogP contribution in [-0.2, 0) is 0 Å². The minimum Gasteiger partial charge on any atom is -0.436 e. The Kier molecular flexibility index (Phi) is 3.18. The van der Waals surface area contributed by atoms with Crippen molar-refractivity contribution in [3.63, 3.8) is 0 Å². The molecule has 1 aromatic carbocycles. The highest BCUT2D eigenvalue weighted by atomic mass is 79.9. The van der Waals surface area contributed by atoms with Crippen molar-refractivity contribution in [1.29, 1.82) is 0 Å². The van der Waals surface area contributed by atoms with Gasteiger partial charge in [-0.2, -0.15) is 4.37 Å². The van der Waals surface area contributed by atoms with Crippen LogP contribution in [0.3, 0.4) is 0 Å². The topological polar surface area (TPSA) is 35.0 Å². The van der Waals surface area contributed by atoms with Crippen molar-refractivity contribution in [3.8, 4) is 11.6 Å². The Labute approximate surface area is 102 Å². The molecule has 2 rings (SSSR count). The number of rotatable bonds is 2. The molecule has 0 aliphatic heterocycles. The molecule has 0 atom stereocenters. The molecule has 0 saturated carbocycles. The zero-order valence-corrected chi connectivity index (χ0v) is 10.2. The molecule has 0 N–H and O–H groups in total. The van der Waals surface area contributed by atoms with Crippen LogP contribution in [0.2, 0.25) is 5.15 Å². The van der Waals surface area contributed by atoms with Gasteiger partial charge in [-0.1, -0.05) is 27.5 Å². The number of hydrogen-bond donors (Lipinski definition) is 0. The Morgan fingerprint density at radius 1 is 1.33 bits per heavy atom. The number of benzene rings is 1. The van der Waals surface area contributed by atoms with Gasteiger partial charge in [-0.3, -0.25) is 0 Å². The molecule has 0 saturated heterocycles. The average Bonchev–Trinajstić information content (AvgIpc) is 2.50. The third-order valence-corrected chi connectivity index (χ3v) is 2.79. The van der Waals surface area contributed by atoms with Crippen LogP contribution in [0.5, 0.6) is 11.6 Å². The Bertz CT molecular complexity index is 473. The predicted octanol–water partition coefficient (Wildman–Crippen LogP) is 3.89. The maximum Gasteiger partial charge on any atom is 0.270 e. The summed E-state index contributed by atoms with van der Waals surface area (Å²) >= 11 is 9.76. The number of hydrogen-bond acceptors (Lipinski definition) is 4. The van der Waals surface area contributed by atoms with Crippen molar-refractivity contribution < 1.29 is 9.13 Å². The summed E-state index contributed by atoms with van der Waals surface area (Å²) in [4.78, 5) is 0. The van der Waals surface area contributed by atoms with Crippen LogP contribution in [0, 0.1) is 5.82 Å². The van der Waals surface area contributed by atoms with Gasteiger partial charge in [0.1, 0.15) is 11.6 Å². The normalized spacial score (nSPS) is 10.3. The number of halogens is 3. The maximum absolute atomic E-state index is 13.0. The monoisotopic (exact) mass is 308 g/mol. The van der Waals surface area contributed by atoms with E-state index < -0.39 is 5.82 Å². The fourth-order valence-electron chi connectivity index (χ4n) is 0.930. The molecule has 0 fully saturated rings. The molecule has 0 radical (unpaired) electrons. The van der Waals surface area contributed by atoms with Crippen LogP contribution >= 0.6 is 39.3 Å². The van der Waals surface area contributed by atoms with E-state index in [1.165, 1.54) is 12.1 Å². The van der Waals surface area contributed by atoms with E-state index in [0.29, 0.717) is 10.2 Å². The number of ether oxygens (including phenoxy) is 1. The van der Waals surface area contributed by atoms with E-state index in [9.17, 15) is 4.39 Å². The number of aromatic nitrogens is 2. The van der Waals surface area contributed by atoms with Gasteiger partial charge in [0, 0.05) is 10.5 Å².